The Morgan fingerprint density at radius 1 is 0.636 bits per heavy atom. The summed E-state index contributed by atoms with van der Waals surface area (Å²) >= 11 is 0. The Labute approximate surface area is 212 Å². The molecule has 0 spiro atoms. The number of hydrogen-bond donors (Lipinski definition) is 0. The van der Waals surface area contributed by atoms with Gasteiger partial charge in [0.1, 0.15) is 0 Å². The van der Waals surface area contributed by atoms with Crippen molar-refractivity contribution in [2.24, 2.45) is 0 Å². The molecule has 0 aromatic carbocycles. The van der Waals surface area contributed by atoms with E-state index in [4.69, 9.17) is 13.3 Å². The molecule has 0 bridgehead atoms. The van der Waals surface area contributed by atoms with Crippen molar-refractivity contribution in [2.75, 3.05) is 0 Å². The molecule has 0 heterocycles. The predicted octanol–water partition coefficient (Wildman–Crippen LogP) is 9.08. The van der Waals surface area contributed by atoms with E-state index in [-0.39, 0.29) is 21.1 Å². The number of hydrogen-bond acceptors (Lipinski definition) is 3. The van der Waals surface area contributed by atoms with Gasteiger partial charge >= 0.3 is 0 Å². The lowest BCUT2D eigenvalue weighted by molar-refractivity contribution is -0.00306. The van der Waals surface area contributed by atoms with Crippen molar-refractivity contribution < 1.29 is 13.3 Å². The molecule has 0 radical (unpaired) electrons. The summed E-state index contributed by atoms with van der Waals surface area (Å²) in [4.78, 5) is 0. The summed E-state index contributed by atoms with van der Waals surface area (Å²) in [5.41, 5.74) is 1.78. The van der Waals surface area contributed by atoms with Gasteiger partial charge in [-0.15, -0.1) is 6.58 Å². The van der Waals surface area contributed by atoms with Gasteiger partial charge in [-0.2, -0.15) is 0 Å². The maximum Gasteiger partial charge on any atom is 0.243 e. The number of rotatable bonds is 14. The molecule has 0 aliphatic heterocycles. The van der Waals surface area contributed by atoms with Crippen LogP contribution in [-0.4, -0.2) is 49.1 Å². The maximum atomic E-state index is 7.39. The van der Waals surface area contributed by atoms with Crippen molar-refractivity contribution in [1.82, 2.24) is 0 Å². The molecule has 3 nitrogen and oxygen atoms in total. The fraction of sp³-hybridized carbons (Fsp3) is 0.923. The Balaban J connectivity index is 6.52. The minimum atomic E-state index is -2.48. The zero-order valence-electron chi connectivity index (χ0n) is 25.6. The van der Waals surface area contributed by atoms with Gasteiger partial charge in [-0.25, -0.2) is 0 Å². The van der Waals surface area contributed by atoms with Gasteiger partial charge in [0, 0.05) is 10.3 Å². The van der Waals surface area contributed by atoms with E-state index < -0.39 is 33.0 Å². The summed E-state index contributed by atoms with van der Waals surface area (Å²) in [5, 5.41) is -0.475. The van der Waals surface area contributed by atoms with Crippen LogP contribution in [0.5, 0.6) is 0 Å². The van der Waals surface area contributed by atoms with Crippen molar-refractivity contribution in [3.8, 4) is 0 Å². The van der Waals surface area contributed by atoms with Gasteiger partial charge in [-0.3, -0.25) is 0 Å². The predicted molar refractivity (Wildman–Crippen MR) is 159 cm³/mol. The monoisotopic (exact) mass is 532 g/mol. The van der Waals surface area contributed by atoms with E-state index in [1.54, 1.807) is 0 Å². The Bertz CT molecular complexity index is 667. The molecule has 33 heavy (non-hydrogen) atoms. The van der Waals surface area contributed by atoms with Crippen molar-refractivity contribution in [2.45, 2.75) is 155 Å². The van der Waals surface area contributed by atoms with E-state index in [0.717, 1.165) is 19.3 Å². The first kappa shape index (κ1) is 33.5. The highest BCUT2D eigenvalue weighted by molar-refractivity contribution is 6.83. The molecule has 4 unspecified atom stereocenters. The molecule has 0 saturated carbocycles. The summed E-state index contributed by atoms with van der Waals surface area (Å²) in [7, 11) is -8.01. The van der Waals surface area contributed by atoms with Crippen LogP contribution in [0.3, 0.4) is 0 Å². The smallest absolute Gasteiger partial charge is 0.243 e. The van der Waals surface area contributed by atoms with E-state index in [0.29, 0.717) is 0 Å². The molecule has 4 atom stereocenters. The molecule has 0 aliphatic rings. The molecule has 0 amide bonds. The van der Waals surface area contributed by atoms with Crippen LogP contribution in [0.15, 0.2) is 12.3 Å². The molecule has 0 saturated heterocycles. The Hall–Kier alpha value is 0.488. The Kier molecular flexibility index (Phi) is 10.6. The van der Waals surface area contributed by atoms with Crippen LogP contribution in [-0.2, 0) is 13.3 Å². The van der Waals surface area contributed by atoms with Crippen molar-refractivity contribution in [3.05, 3.63) is 12.3 Å². The van der Waals surface area contributed by atoms with E-state index in [1.807, 2.05) is 0 Å². The van der Waals surface area contributed by atoms with Crippen LogP contribution in [0.2, 0.25) is 64.0 Å². The second-order valence-electron chi connectivity index (χ2n) is 13.9. The van der Waals surface area contributed by atoms with Crippen molar-refractivity contribution >= 4 is 33.0 Å². The fourth-order valence-electron chi connectivity index (χ4n) is 4.76. The lowest BCUT2D eigenvalue weighted by Crippen LogP contribution is -2.68. The largest absolute Gasteiger partial charge is 0.414 e. The van der Waals surface area contributed by atoms with Crippen LogP contribution < -0.4 is 0 Å². The quantitative estimate of drug-likeness (QED) is 0.209. The first-order valence-electron chi connectivity index (χ1n) is 13.1. The van der Waals surface area contributed by atoms with Gasteiger partial charge in [-0.1, -0.05) is 60.0 Å². The lowest BCUT2D eigenvalue weighted by atomic mass is 9.89. The second kappa shape index (κ2) is 10.5. The van der Waals surface area contributed by atoms with Gasteiger partial charge in [0.15, 0.2) is 16.6 Å². The fourth-order valence-corrected chi connectivity index (χ4v) is 16.9. The molecule has 198 valence electrons. The summed E-state index contributed by atoms with van der Waals surface area (Å²) in [6, 6.07) is 0. The SMILES string of the molecule is C=C[Si](C)(OC(C)(CC)C(C)(C)[Si](C)(C)OC(C)(CC)[Si](C)(C)C)C(C)(CC)O[Si](C)(C)C. The summed E-state index contributed by atoms with van der Waals surface area (Å²) in [6.45, 7) is 44.1. The van der Waals surface area contributed by atoms with E-state index >= 15 is 0 Å². The molecule has 7 heteroatoms. The van der Waals surface area contributed by atoms with Crippen molar-refractivity contribution in [1.29, 1.82) is 0 Å². The van der Waals surface area contributed by atoms with Crippen LogP contribution in [0.1, 0.15) is 74.7 Å². The molecule has 0 aliphatic carbocycles. The normalized spacial score (nSPS) is 21.5. The highest BCUT2D eigenvalue weighted by Gasteiger charge is 2.60. The average molecular weight is 533 g/mol. The van der Waals surface area contributed by atoms with Gasteiger partial charge < -0.3 is 13.3 Å². The third kappa shape index (κ3) is 6.83. The highest BCUT2D eigenvalue weighted by Crippen LogP contribution is 2.55. The zero-order chi connectivity index (χ0) is 26.9. The van der Waals surface area contributed by atoms with Gasteiger partial charge in [0.05, 0.1) is 18.9 Å². The van der Waals surface area contributed by atoms with Gasteiger partial charge in [-0.05, 0) is 79.3 Å². The molecular weight excluding hydrogens is 473 g/mol. The third-order valence-electron chi connectivity index (χ3n) is 9.33. The summed E-state index contributed by atoms with van der Waals surface area (Å²) in [6.07, 6.45) is 2.90. The first-order chi connectivity index (χ1) is 14.4. The molecule has 0 fully saturated rings. The molecule has 0 rings (SSSR count). The average Bonchev–Trinajstić information content (AvgIpc) is 2.64. The zero-order valence-corrected chi connectivity index (χ0v) is 29.6. The molecular formula is C26H60O3Si4. The van der Waals surface area contributed by atoms with Gasteiger partial charge in [0.25, 0.3) is 0 Å². The van der Waals surface area contributed by atoms with E-state index in [1.165, 1.54) is 0 Å². The summed E-state index contributed by atoms with van der Waals surface area (Å²) < 4.78 is 21.5. The molecule has 0 N–H and O–H groups in total. The van der Waals surface area contributed by atoms with Crippen molar-refractivity contribution in [3.63, 3.8) is 0 Å². The molecule has 0 aromatic heterocycles. The van der Waals surface area contributed by atoms with Gasteiger partial charge in [0.2, 0.25) is 8.32 Å². The highest BCUT2D eigenvalue weighted by atomic mass is 28.4. The summed E-state index contributed by atoms with van der Waals surface area (Å²) in [5.74, 6) is 0. The van der Waals surface area contributed by atoms with E-state index in [2.05, 4.69) is 127 Å². The molecule has 0 aromatic rings. The van der Waals surface area contributed by atoms with Crippen LogP contribution in [0.4, 0.5) is 0 Å². The second-order valence-corrected chi connectivity index (χ2v) is 32.2. The standard InChI is InChI=1S/C26H60O3Si4/c1-19-24(7,27-33(18,22-4)26(9,21-3)28-31(13,14)15)23(5,6)32(16,17)29-25(8,20-2)30(10,11)12/h22H,4,19-21H2,1-3,5-18H3. The van der Waals surface area contributed by atoms with E-state index in [9.17, 15) is 0 Å². The topological polar surface area (TPSA) is 27.7 Å². The Morgan fingerprint density at radius 3 is 1.33 bits per heavy atom. The third-order valence-corrected chi connectivity index (χ3v) is 23.1. The Morgan fingerprint density at radius 2 is 1.06 bits per heavy atom. The first-order valence-corrected chi connectivity index (χ1v) is 25.4. The van der Waals surface area contributed by atoms with Crippen LogP contribution in [0.25, 0.3) is 0 Å². The van der Waals surface area contributed by atoms with Crippen LogP contribution >= 0.6 is 0 Å². The van der Waals surface area contributed by atoms with Crippen LogP contribution in [0, 0.1) is 0 Å². The lowest BCUT2D eigenvalue weighted by Gasteiger charge is -2.59. The minimum absolute atomic E-state index is 0.0489. The minimum Gasteiger partial charge on any atom is -0.414 e. The maximum absolute atomic E-state index is 7.39.